The van der Waals surface area contributed by atoms with Crippen LogP contribution in [0.5, 0.6) is 5.88 Å². The SMILES string of the molecule is NC(=O)c1c(OC(=O)C(F)(F)F)[nH]c2ncccc2c1=O. The monoisotopic (exact) mass is 301 g/mol. The van der Waals surface area contributed by atoms with E-state index >= 15 is 0 Å². The van der Waals surface area contributed by atoms with Crippen molar-refractivity contribution >= 4 is 22.9 Å². The van der Waals surface area contributed by atoms with Crippen molar-refractivity contribution in [3.8, 4) is 5.88 Å². The summed E-state index contributed by atoms with van der Waals surface area (Å²) in [6.07, 6.45) is -4.05. The van der Waals surface area contributed by atoms with E-state index in [1.54, 1.807) is 0 Å². The summed E-state index contributed by atoms with van der Waals surface area (Å²) in [5.74, 6) is -4.94. The number of nitrogens with one attached hydrogen (secondary N) is 1. The van der Waals surface area contributed by atoms with Crippen molar-refractivity contribution in [3.63, 3.8) is 0 Å². The van der Waals surface area contributed by atoms with E-state index in [0.29, 0.717) is 0 Å². The van der Waals surface area contributed by atoms with Gasteiger partial charge in [-0.15, -0.1) is 0 Å². The Bertz CT molecular complexity index is 797. The number of hydrogen-bond acceptors (Lipinski definition) is 5. The van der Waals surface area contributed by atoms with E-state index in [1.165, 1.54) is 18.3 Å². The largest absolute Gasteiger partial charge is 0.491 e. The Hall–Kier alpha value is -2.91. The molecule has 3 N–H and O–H groups in total. The van der Waals surface area contributed by atoms with Crippen LogP contribution in [0.2, 0.25) is 0 Å². The number of primary amides is 1. The molecule has 110 valence electrons. The summed E-state index contributed by atoms with van der Waals surface area (Å²) in [5, 5.41) is -0.0851. The highest BCUT2D eigenvalue weighted by Gasteiger charge is 2.42. The summed E-state index contributed by atoms with van der Waals surface area (Å²) in [5.41, 5.74) is 2.90. The van der Waals surface area contributed by atoms with E-state index in [9.17, 15) is 27.6 Å². The number of ether oxygens (including phenoxy) is 1. The second kappa shape index (κ2) is 4.89. The van der Waals surface area contributed by atoms with Crippen molar-refractivity contribution in [1.82, 2.24) is 9.97 Å². The van der Waals surface area contributed by atoms with Crippen LogP contribution in [0.25, 0.3) is 11.0 Å². The average molecular weight is 301 g/mol. The van der Waals surface area contributed by atoms with Crippen molar-refractivity contribution < 1.29 is 27.5 Å². The van der Waals surface area contributed by atoms with Gasteiger partial charge in [0.15, 0.2) is 0 Å². The highest BCUT2D eigenvalue weighted by Crippen LogP contribution is 2.21. The molecule has 0 aliphatic rings. The number of pyridine rings is 2. The second-order valence-electron chi connectivity index (χ2n) is 3.81. The van der Waals surface area contributed by atoms with Crippen LogP contribution in [0.15, 0.2) is 23.1 Å². The fourth-order valence-electron chi connectivity index (χ4n) is 1.55. The molecule has 2 rings (SSSR count). The predicted octanol–water partition coefficient (Wildman–Crippen LogP) is 0.490. The zero-order valence-electron chi connectivity index (χ0n) is 10.0. The van der Waals surface area contributed by atoms with Gasteiger partial charge in [0, 0.05) is 6.20 Å². The lowest BCUT2D eigenvalue weighted by Gasteiger charge is -2.10. The number of carbonyl (C=O) groups is 2. The number of H-pyrrole nitrogens is 1. The minimum absolute atomic E-state index is 0.0851. The van der Waals surface area contributed by atoms with Gasteiger partial charge in [0.2, 0.25) is 11.3 Å². The summed E-state index contributed by atoms with van der Waals surface area (Å²) < 4.78 is 40.6. The Kier molecular flexibility index (Phi) is 3.37. The van der Waals surface area contributed by atoms with Crippen molar-refractivity contribution in [2.45, 2.75) is 6.18 Å². The van der Waals surface area contributed by atoms with Crippen LogP contribution >= 0.6 is 0 Å². The van der Waals surface area contributed by atoms with Crippen LogP contribution in [0.4, 0.5) is 13.2 Å². The molecule has 21 heavy (non-hydrogen) atoms. The third-order valence-corrected chi connectivity index (χ3v) is 2.41. The zero-order valence-corrected chi connectivity index (χ0v) is 10.0. The molecule has 0 radical (unpaired) electrons. The van der Waals surface area contributed by atoms with Gasteiger partial charge in [-0.1, -0.05) is 0 Å². The van der Waals surface area contributed by atoms with E-state index in [2.05, 4.69) is 14.7 Å². The molecule has 0 saturated heterocycles. The minimum Gasteiger partial charge on any atom is -0.402 e. The molecule has 10 heteroatoms. The van der Waals surface area contributed by atoms with Gasteiger partial charge in [0.1, 0.15) is 11.2 Å². The number of alkyl halides is 3. The molecular formula is C11H6F3N3O4. The molecule has 2 aromatic rings. The van der Waals surface area contributed by atoms with Gasteiger partial charge in [0.25, 0.3) is 5.91 Å². The van der Waals surface area contributed by atoms with Crippen LogP contribution < -0.4 is 15.9 Å². The number of nitrogens with zero attached hydrogens (tertiary/aromatic N) is 1. The Morgan fingerprint density at radius 3 is 2.57 bits per heavy atom. The first-order valence-corrected chi connectivity index (χ1v) is 5.31. The smallest absolute Gasteiger partial charge is 0.402 e. The second-order valence-corrected chi connectivity index (χ2v) is 3.81. The number of esters is 1. The quantitative estimate of drug-likeness (QED) is 0.783. The summed E-state index contributed by atoms with van der Waals surface area (Å²) in [6.45, 7) is 0. The van der Waals surface area contributed by atoms with Crippen molar-refractivity contribution in [2.75, 3.05) is 0 Å². The molecule has 0 aliphatic heterocycles. The molecule has 0 aromatic carbocycles. The molecule has 2 heterocycles. The topological polar surface area (TPSA) is 115 Å². The highest BCUT2D eigenvalue weighted by atomic mass is 19.4. The van der Waals surface area contributed by atoms with Gasteiger partial charge in [-0.05, 0) is 12.1 Å². The summed E-state index contributed by atoms with van der Waals surface area (Å²) >= 11 is 0. The van der Waals surface area contributed by atoms with Gasteiger partial charge in [-0.25, -0.2) is 9.78 Å². The first kappa shape index (κ1) is 14.5. The number of halogens is 3. The van der Waals surface area contributed by atoms with Gasteiger partial charge in [-0.3, -0.25) is 9.59 Å². The fraction of sp³-hybridized carbons (Fsp3) is 0.0909. The molecule has 1 amide bonds. The number of aromatic amines is 1. The Morgan fingerprint density at radius 2 is 2.00 bits per heavy atom. The molecule has 0 atom stereocenters. The minimum atomic E-state index is -5.30. The zero-order chi connectivity index (χ0) is 15.8. The van der Waals surface area contributed by atoms with E-state index in [1.807, 2.05) is 0 Å². The normalized spacial score (nSPS) is 11.4. The van der Waals surface area contributed by atoms with Gasteiger partial charge >= 0.3 is 12.1 Å². The number of rotatable bonds is 2. The third kappa shape index (κ3) is 2.68. The van der Waals surface area contributed by atoms with Crippen LogP contribution in [-0.4, -0.2) is 28.0 Å². The number of amides is 1. The Morgan fingerprint density at radius 1 is 1.33 bits per heavy atom. The standard InChI is InChI=1S/C11H6F3N3O4/c12-11(13,14)10(20)21-9-5(7(15)19)6(18)4-2-1-3-16-8(4)17-9/h1-3H,(H2,15,19)(H,16,17,18). The number of hydrogen-bond donors (Lipinski definition) is 2. The molecule has 0 aliphatic carbocycles. The van der Waals surface area contributed by atoms with Gasteiger partial charge in [0.05, 0.1) is 5.39 Å². The molecule has 0 unspecified atom stereocenters. The molecule has 0 fully saturated rings. The third-order valence-electron chi connectivity index (χ3n) is 2.41. The van der Waals surface area contributed by atoms with Crippen LogP contribution in [0, 0.1) is 0 Å². The summed E-state index contributed by atoms with van der Waals surface area (Å²) in [6, 6.07) is 2.66. The number of fused-ring (bicyclic) bond motifs is 1. The maximum absolute atomic E-state index is 12.2. The lowest BCUT2D eigenvalue weighted by molar-refractivity contribution is -0.190. The molecule has 0 saturated carbocycles. The summed E-state index contributed by atoms with van der Waals surface area (Å²) in [4.78, 5) is 39.9. The van der Waals surface area contributed by atoms with Crippen LogP contribution in [0.1, 0.15) is 10.4 Å². The number of carbonyl (C=O) groups excluding carboxylic acids is 2. The molecule has 0 bridgehead atoms. The van der Waals surface area contributed by atoms with Crippen molar-refractivity contribution in [3.05, 3.63) is 34.1 Å². The molecular weight excluding hydrogens is 295 g/mol. The Balaban J connectivity index is 2.67. The molecule has 7 nitrogen and oxygen atoms in total. The maximum Gasteiger partial charge on any atom is 0.491 e. The average Bonchev–Trinajstić information content (AvgIpc) is 2.37. The predicted molar refractivity (Wildman–Crippen MR) is 62.6 cm³/mol. The lowest BCUT2D eigenvalue weighted by Crippen LogP contribution is -2.31. The lowest BCUT2D eigenvalue weighted by atomic mass is 10.2. The van der Waals surface area contributed by atoms with E-state index in [0.717, 1.165) is 0 Å². The summed E-state index contributed by atoms with van der Waals surface area (Å²) in [7, 11) is 0. The van der Waals surface area contributed by atoms with Crippen molar-refractivity contribution in [2.24, 2.45) is 5.73 Å². The van der Waals surface area contributed by atoms with Crippen LogP contribution in [0.3, 0.4) is 0 Å². The first-order valence-electron chi connectivity index (χ1n) is 5.31. The molecule has 2 aromatic heterocycles. The maximum atomic E-state index is 12.2. The van der Waals surface area contributed by atoms with Crippen LogP contribution in [-0.2, 0) is 4.79 Å². The van der Waals surface area contributed by atoms with Gasteiger partial charge in [-0.2, -0.15) is 13.2 Å². The number of nitrogens with two attached hydrogens (primary N) is 1. The first-order chi connectivity index (χ1) is 9.71. The van der Waals surface area contributed by atoms with E-state index in [4.69, 9.17) is 5.73 Å². The number of aromatic nitrogens is 2. The van der Waals surface area contributed by atoms with Gasteiger partial charge < -0.3 is 15.5 Å². The fourth-order valence-corrected chi connectivity index (χ4v) is 1.55. The molecule has 0 spiro atoms. The highest BCUT2D eigenvalue weighted by molar-refractivity contribution is 5.99. The van der Waals surface area contributed by atoms with E-state index in [-0.39, 0.29) is 11.0 Å². The van der Waals surface area contributed by atoms with E-state index < -0.39 is 34.9 Å². The van der Waals surface area contributed by atoms with Crippen molar-refractivity contribution in [1.29, 1.82) is 0 Å². The Labute approximate surface area is 113 Å².